The van der Waals surface area contributed by atoms with Crippen molar-refractivity contribution in [2.45, 2.75) is 19.3 Å². The zero-order valence-electron chi connectivity index (χ0n) is 9.78. The number of nitrogens with zero attached hydrogens (tertiary/aromatic N) is 1. The van der Waals surface area contributed by atoms with Gasteiger partial charge < -0.3 is 10.2 Å². The molecule has 1 aromatic rings. The minimum Gasteiger partial charge on any atom is -0.371 e. The maximum absolute atomic E-state index is 3.45. The molecular weight excluding hydrogens is 196 g/mol. The molecule has 0 saturated carbocycles. The second-order valence-corrected chi connectivity index (χ2v) is 5.01. The van der Waals surface area contributed by atoms with Crippen molar-refractivity contribution < 1.29 is 0 Å². The Balaban J connectivity index is 1.60. The highest BCUT2D eigenvalue weighted by molar-refractivity contribution is 5.57. The summed E-state index contributed by atoms with van der Waals surface area (Å²) < 4.78 is 0. The van der Waals surface area contributed by atoms with Crippen LogP contribution in [0.5, 0.6) is 0 Å². The molecular formula is C14H20N2. The first kappa shape index (κ1) is 10.2. The number of nitrogens with one attached hydrogen (secondary N) is 1. The van der Waals surface area contributed by atoms with Gasteiger partial charge in [-0.2, -0.15) is 0 Å². The standard InChI is InChI=1S/C14H20N2/c1-2-4-14-13(3-1)7-10-16(14)9-6-12-5-8-15-11-12/h1-4,12,15H,5-11H2. The van der Waals surface area contributed by atoms with E-state index < -0.39 is 0 Å². The summed E-state index contributed by atoms with van der Waals surface area (Å²) in [5.74, 6) is 0.910. The van der Waals surface area contributed by atoms with Gasteiger partial charge in [0.1, 0.15) is 0 Å². The van der Waals surface area contributed by atoms with Gasteiger partial charge in [0.15, 0.2) is 0 Å². The molecule has 86 valence electrons. The van der Waals surface area contributed by atoms with E-state index in [0.717, 1.165) is 5.92 Å². The third-order valence-corrected chi connectivity index (χ3v) is 3.95. The monoisotopic (exact) mass is 216 g/mol. The Labute approximate surface area is 97.6 Å². The van der Waals surface area contributed by atoms with E-state index in [0.29, 0.717) is 0 Å². The number of hydrogen-bond acceptors (Lipinski definition) is 2. The normalized spacial score (nSPS) is 23.8. The van der Waals surface area contributed by atoms with Crippen LogP contribution in [0.25, 0.3) is 0 Å². The molecule has 1 fully saturated rings. The van der Waals surface area contributed by atoms with Gasteiger partial charge >= 0.3 is 0 Å². The largest absolute Gasteiger partial charge is 0.371 e. The van der Waals surface area contributed by atoms with Crippen molar-refractivity contribution in [3.63, 3.8) is 0 Å². The minimum absolute atomic E-state index is 0.910. The molecule has 2 heteroatoms. The van der Waals surface area contributed by atoms with Crippen molar-refractivity contribution in [1.29, 1.82) is 0 Å². The summed E-state index contributed by atoms with van der Waals surface area (Å²) in [4.78, 5) is 2.56. The fourth-order valence-electron chi connectivity index (χ4n) is 2.94. The molecule has 0 aliphatic carbocycles. The van der Waals surface area contributed by atoms with Crippen LogP contribution in [0.1, 0.15) is 18.4 Å². The number of para-hydroxylation sites is 1. The predicted octanol–water partition coefficient (Wildman–Crippen LogP) is 2.05. The smallest absolute Gasteiger partial charge is 0.0399 e. The highest BCUT2D eigenvalue weighted by atomic mass is 15.1. The summed E-state index contributed by atoms with van der Waals surface area (Å²) >= 11 is 0. The number of rotatable bonds is 3. The molecule has 1 saturated heterocycles. The lowest BCUT2D eigenvalue weighted by Crippen LogP contribution is -2.24. The lowest BCUT2D eigenvalue weighted by molar-refractivity contribution is 0.529. The molecule has 0 radical (unpaired) electrons. The molecule has 2 aliphatic rings. The van der Waals surface area contributed by atoms with Gasteiger partial charge in [-0.15, -0.1) is 0 Å². The summed E-state index contributed by atoms with van der Waals surface area (Å²) in [5, 5.41) is 3.45. The summed E-state index contributed by atoms with van der Waals surface area (Å²) in [5.41, 5.74) is 3.01. The molecule has 1 aromatic carbocycles. The fourth-order valence-corrected chi connectivity index (χ4v) is 2.94. The lowest BCUT2D eigenvalue weighted by Gasteiger charge is -2.21. The van der Waals surface area contributed by atoms with E-state index in [1.807, 2.05) is 0 Å². The second-order valence-electron chi connectivity index (χ2n) is 5.01. The van der Waals surface area contributed by atoms with Crippen LogP contribution in [0.15, 0.2) is 24.3 Å². The van der Waals surface area contributed by atoms with Gasteiger partial charge in [0, 0.05) is 18.8 Å². The maximum atomic E-state index is 3.45. The third kappa shape index (κ3) is 1.94. The molecule has 0 amide bonds. The summed E-state index contributed by atoms with van der Waals surface area (Å²) in [6.07, 6.45) is 3.95. The highest BCUT2D eigenvalue weighted by Gasteiger charge is 2.20. The van der Waals surface area contributed by atoms with Crippen LogP contribution < -0.4 is 10.2 Å². The summed E-state index contributed by atoms with van der Waals surface area (Å²) in [6.45, 7) is 4.92. The zero-order chi connectivity index (χ0) is 10.8. The van der Waals surface area contributed by atoms with E-state index in [2.05, 4.69) is 34.5 Å². The van der Waals surface area contributed by atoms with Gasteiger partial charge in [-0.05, 0) is 49.9 Å². The van der Waals surface area contributed by atoms with Crippen molar-refractivity contribution in [2.75, 3.05) is 31.1 Å². The van der Waals surface area contributed by atoms with Gasteiger partial charge in [-0.1, -0.05) is 18.2 Å². The molecule has 1 atom stereocenters. The van der Waals surface area contributed by atoms with E-state index in [-0.39, 0.29) is 0 Å². The molecule has 3 rings (SSSR count). The Morgan fingerprint density at radius 3 is 3.12 bits per heavy atom. The van der Waals surface area contributed by atoms with Crippen molar-refractivity contribution in [1.82, 2.24) is 5.32 Å². The Morgan fingerprint density at radius 1 is 1.31 bits per heavy atom. The van der Waals surface area contributed by atoms with Crippen LogP contribution in [-0.4, -0.2) is 26.2 Å². The number of fused-ring (bicyclic) bond motifs is 1. The average Bonchev–Trinajstić information content (AvgIpc) is 2.96. The van der Waals surface area contributed by atoms with Crippen LogP contribution in [0.2, 0.25) is 0 Å². The van der Waals surface area contributed by atoms with Crippen LogP contribution in [0.3, 0.4) is 0 Å². The van der Waals surface area contributed by atoms with Crippen molar-refractivity contribution in [3.05, 3.63) is 29.8 Å². The van der Waals surface area contributed by atoms with Crippen LogP contribution in [-0.2, 0) is 6.42 Å². The fraction of sp³-hybridized carbons (Fsp3) is 0.571. The lowest BCUT2D eigenvalue weighted by atomic mass is 10.0. The first-order valence-corrected chi connectivity index (χ1v) is 6.47. The van der Waals surface area contributed by atoms with Gasteiger partial charge in [-0.25, -0.2) is 0 Å². The molecule has 16 heavy (non-hydrogen) atoms. The SMILES string of the molecule is c1ccc2c(c1)CCN2CCC1CCNC1. The topological polar surface area (TPSA) is 15.3 Å². The summed E-state index contributed by atoms with van der Waals surface area (Å²) in [6, 6.07) is 8.86. The van der Waals surface area contributed by atoms with Gasteiger partial charge in [0.25, 0.3) is 0 Å². The first-order chi connectivity index (χ1) is 7.93. The predicted molar refractivity (Wildman–Crippen MR) is 68.0 cm³/mol. The van der Waals surface area contributed by atoms with Gasteiger partial charge in [0.2, 0.25) is 0 Å². The van der Waals surface area contributed by atoms with Gasteiger partial charge in [0.05, 0.1) is 0 Å². The Morgan fingerprint density at radius 2 is 2.25 bits per heavy atom. The second kappa shape index (κ2) is 4.46. The average molecular weight is 216 g/mol. The zero-order valence-corrected chi connectivity index (χ0v) is 9.78. The highest BCUT2D eigenvalue weighted by Crippen LogP contribution is 2.28. The van der Waals surface area contributed by atoms with Crippen LogP contribution >= 0.6 is 0 Å². The van der Waals surface area contributed by atoms with Crippen LogP contribution in [0.4, 0.5) is 5.69 Å². The van der Waals surface area contributed by atoms with Crippen molar-refractivity contribution in [3.8, 4) is 0 Å². The molecule has 2 aliphatic heterocycles. The number of anilines is 1. The van der Waals surface area contributed by atoms with Gasteiger partial charge in [-0.3, -0.25) is 0 Å². The molecule has 0 spiro atoms. The van der Waals surface area contributed by atoms with E-state index in [1.54, 1.807) is 0 Å². The number of hydrogen-bond donors (Lipinski definition) is 1. The third-order valence-electron chi connectivity index (χ3n) is 3.95. The molecule has 0 aromatic heterocycles. The Hall–Kier alpha value is -1.02. The summed E-state index contributed by atoms with van der Waals surface area (Å²) in [7, 11) is 0. The minimum atomic E-state index is 0.910. The van der Waals surface area contributed by atoms with Crippen molar-refractivity contribution in [2.24, 2.45) is 5.92 Å². The molecule has 2 heterocycles. The van der Waals surface area contributed by atoms with Crippen molar-refractivity contribution >= 4 is 5.69 Å². The van der Waals surface area contributed by atoms with E-state index in [1.165, 1.54) is 56.7 Å². The van der Waals surface area contributed by atoms with Crippen LogP contribution in [0, 0.1) is 5.92 Å². The van der Waals surface area contributed by atoms with E-state index >= 15 is 0 Å². The Bertz CT molecular complexity index is 356. The quantitative estimate of drug-likeness (QED) is 0.832. The molecule has 1 unspecified atom stereocenters. The molecule has 1 N–H and O–H groups in total. The first-order valence-electron chi connectivity index (χ1n) is 6.47. The molecule has 0 bridgehead atoms. The number of benzene rings is 1. The van der Waals surface area contributed by atoms with E-state index in [4.69, 9.17) is 0 Å². The maximum Gasteiger partial charge on any atom is 0.0399 e. The van der Waals surface area contributed by atoms with E-state index in [9.17, 15) is 0 Å². The Kier molecular flexibility index (Phi) is 2.83. The molecule has 2 nitrogen and oxygen atoms in total.